The highest BCUT2D eigenvalue weighted by atomic mass is 16.6. The van der Waals surface area contributed by atoms with E-state index in [1.807, 2.05) is 56.6 Å². The smallest absolute Gasteiger partial charge is 0.410 e. The lowest BCUT2D eigenvalue weighted by Crippen LogP contribution is -2.53. The van der Waals surface area contributed by atoms with Crippen molar-refractivity contribution in [3.8, 4) is 0 Å². The zero-order chi connectivity index (χ0) is 17.5. The monoisotopic (exact) mass is 330 g/mol. The fourth-order valence-electron chi connectivity index (χ4n) is 2.67. The van der Waals surface area contributed by atoms with Crippen LogP contribution in [0.5, 0.6) is 0 Å². The van der Waals surface area contributed by atoms with Gasteiger partial charge in [0.15, 0.2) is 5.82 Å². The Bertz CT molecular complexity index is 791. The van der Waals surface area contributed by atoms with Gasteiger partial charge in [-0.1, -0.05) is 6.07 Å². The van der Waals surface area contributed by atoms with Crippen LogP contribution in [-0.2, 0) is 9.53 Å². The summed E-state index contributed by atoms with van der Waals surface area (Å²) < 4.78 is 7.23. The van der Waals surface area contributed by atoms with Gasteiger partial charge in [-0.05, 0) is 39.3 Å². The molecule has 1 fully saturated rings. The van der Waals surface area contributed by atoms with Crippen molar-refractivity contribution >= 4 is 23.5 Å². The Labute approximate surface area is 140 Å². The molecule has 0 bridgehead atoms. The van der Waals surface area contributed by atoms with Crippen LogP contribution < -0.4 is 4.90 Å². The average molecular weight is 330 g/mol. The van der Waals surface area contributed by atoms with Crippen LogP contribution in [-0.4, -0.2) is 51.5 Å². The average Bonchev–Trinajstić information content (AvgIpc) is 2.90. The Morgan fingerprint density at radius 2 is 2.04 bits per heavy atom. The fraction of sp³-hybridized carbons (Fsp3) is 0.471. The highest BCUT2D eigenvalue weighted by Crippen LogP contribution is 2.20. The number of carbonyl (C=O) groups excluding carboxylic acids is 2. The number of imidazole rings is 1. The first-order valence-corrected chi connectivity index (χ1v) is 7.97. The molecule has 1 aliphatic rings. The molecule has 0 atom stereocenters. The van der Waals surface area contributed by atoms with Crippen molar-refractivity contribution in [2.24, 2.45) is 0 Å². The molecule has 1 saturated heterocycles. The summed E-state index contributed by atoms with van der Waals surface area (Å²) in [6, 6.07) is 3.92. The summed E-state index contributed by atoms with van der Waals surface area (Å²) in [5, 5.41) is 0. The molecule has 2 amide bonds. The molecule has 0 spiro atoms. The molecule has 0 saturated carbocycles. The Morgan fingerprint density at radius 1 is 1.29 bits per heavy atom. The first-order chi connectivity index (χ1) is 11.2. The number of carbonyl (C=O) groups is 2. The third kappa shape index (κ3) is 3.20. The summed E-state index contributed by atoms with van der Waals surface area (Å²) in [5.41, 5.74) is 1.30. The van der Waals surface area contributed by atoms with Crippen molar-refractivity contribution in [3.63, 3.8) is 0 Å². The summed E-state index contributed by atoms with van der Waals surface area (Å²) in [4.78, 5) is 32.2. The highest BCUT2D eigenvalue weighted by molar-refractivity contribution is 5.96. The van der Waals surface area contributed by atoms with Crippen molar-refractivity contribution in [3.05, 3.63) is 30.1 Å². The summed E-state index contributed by atoms with van der Waals surface area (Å²) in [5.74, 6) is 0.450. The Morgan fingerprint density at radius 3 is 2.67 bits per heavy atom. The van der Waals surface area contributed by atoms with E-state index in [0.29, 0.717) is 18.9 Å². The number of pyridine rings is 1. The third-order valence-electron chi connectivity index (χ3n) is 3.81. The number of hydrogen-bond acceptors (Lipinski definition) is 4. The largest absolute Gasteiger partial charge is 0.444 e. The number of aromatic nitrogens is 2. The van der Waals surface area contributed by atoms with E-state index in [9.17, 15) is 9.59 Å². The number of fused-ring (bicyclic) bond motifs is 1. The minimum absolute atomic E-state index is 0.00175. The van der Waals surface area contributed by atoms with Crippen molar-refractivity contribution in [2.75, 3.05) is 24.5 Å². The zero-order valence-electron chi connectivity index (χ0n) is 14.4. The van der Waals surface area contributed by atoms with E-state index in [4.69, 9.17) is 4.74 Å². The van der Waals surface area contributed by atoms with Crippen molar-refractivity contribution in [2.45, 2.75) is 33.3 Å². The van der Waals surface area contributed by atoms with Gasteiger partial charge in [-0.25, -0.2) is 9.78 Å². The van der Waals surface area contributed by atoms with Gasteiger partial charge in [0.2, 0.25) is 5.91 Å². The van der Waals surface area contributed by atoms with Crippen LogP contribution in [0.2, 0.25) is 0 Å². The summed E-state index contributed by atoms with van der Waals surface area (Å²) in [6.45, 7) is 8.23. The molecule has 2 aromatic heterocycles. The van der Waals surface area contributed by atoms with Gasteiger partial charge in [0.25, 0.3) is 0 Å². The maximum absolute atomic E-state index is 12.5. The second-order valence-electron chi connectivity index (χ2n) is 6.97. The lowest BCUT2D eigenvalue weighted by molar-refractivity contribution is -0.121. The number of rotatable bonds is 1. The van der Waals surface area contributed by atoms with Crippen LogP contribution in [0.3, 0.4) is 0 Å². The molecular formula is C17H22N4O3. The molecule has 7 nitrogen and oxygen atoms in total. The quantitative estimate of drug-likeness (QED) is 0.804. The van der Waals surface area contributed by atoms with Crippen LogP contribution >= 0.6 is 0 Å². The predicted octanol–water partition coefficient (Wildman–Crippen LogP) is 2.23. The zero-order valence-corrected chi connectivity index (χ0v) is 14.4. The van der Waals surface area contributed by atoms with Gasteiger partial charge in [0.1, 0.15) is 17.8 Å². The van der Waals surface area contributed by atoms with E-state index in [2.05, 4.69) is 4.98 Å². The molecule has 3 rings (SSSR count). The van der Waals surface area contributed by atoms with Gasteiger partial charge in [0.05, 0.1) is 6.20 Å². The molecule has 24 heavy (non-hydrogen) atoms. The number of anilines is 1. The molecule has 7 heteroatoms. The molecular weight excluding hydrogens is 308 g/mol. The lowest BCUT2D eigenvalue weighted by Gasteiger charge is -2.34. The maximum Gasteiger partial charge on any atom is 0.410 e. The van der Waals surface area contributed by atoms with Crippen LogP contribution in [0.4, 0.5) is 10.6 Å². The summed E-state index contributed by atoms with van der Waals surface area (Å²) in [6.07, 6.45) is 3.28. The summed E-state index contributed by atoms with van der Waals surface area (Å²) in [7, 11) is 0. The second-order valence-corrected chi connectivity index (χ2v) is 6.97. The molecule has 0 unspecified atom stereocenters. The van der Waals surface area contributed by atoms with E-state index >= 15 is 0 Å². The predicted molar refractivity (Wildman–Crippen MR) is 90.1 cm³/mol. The van der Waals surface area contributed by atoms with Gasteiger partial charge in [-0.15, -0.1) is 0 Å². The topological polar surface area (TPSA) is 67.2 Å². The molecule has 3 heterocycles. The Kier molecular flexibility index (Phi) is 3.95. The van der Waals surface area contributed by atoms with E-state index in [1.54, 1.807) is 4.90 Å². The van der Waals surface area contributed by atoms with Crippen LogP contribution in [0, 0.1) is 6.92 Å². The van der Waals surface area contributed by atoms with Crippen molar-refractivity contribution in [1.29, 1.82) is 0 Å². The van der Waals surface area contributed by atoms with Crippen LogP contribution in [0.15, 0.2) is 24.5 Å². The number of aryl methyl sites for hydroxylation is 1. The van der Waals surface area contributed by atoms with Gasteiger partial charge < -0.3 is 9.14 Å². The molecule has 0 aliphatic carbocycles. The van der Waals surface area contributed by atoms with Gasteiger partial charge in [0, 0.05) is 19.3 Å². The third-order valence-corrected chi connectivity index (χ3v) is 3.81. The normalized spacial score (nSPS) is 15.9. The molecule has 0 N–H and O–H groups in total. The number of ether oxygens (including phenoxy) is 1. The van der Waals surface area contributed by atoms with E-state index in [1.165, 1.54) is 4.90 Å². The number of hydrogen-bond donors (Lipinski definition) is 0. The highest BCUT2D eigenvalue weighted by Gasteiger charge is 2.31. The molecule has 128 valence electrons. The van der Waals surface area contributed by atoms with E-state index in [0.717, 1.165) is 11.2 Å². The standard InChI is InChI=1S/C17H22N4O3/c1-12-6-5-7-19-10-13(18-15(12)19)21-9-8-20(11-14(21)22)16(23)24-17(2,3)4/h5-7,10H,8-9,11H2,1-4H3. The van der Waals surface area contributed by atoms with E-state index < -0.39 is 11.7 Å². The Balaban J connectivity index is 1.74. The fourth-order valence-corrected chi connectivity index (χ4v) is 2.67. The minimum Gasteiger partial charge on any atom is -0.444 e. The minimum atomic E-state index is -0.573. The van der Waals surface area contributed by atoms with Gasteiger partial charge in [-0.2, -0.15) is 0 Å². The molecule has 0 radical (unpaired) electrons. The molecule has 1 aliphatic heterocycles. The summed E-state index contributed by atoms with van der Waals surface area (Å²) >= 11 is 0. The lowest BCUT2D eigenvalue weighted by atomic mass is 10.2. The maximum atomic E-state index is 12.5. The first-order valence-electron chi connectivity index (χ1n) is 7.97. The van der Waals surface area contributed by atoms with E-state index in [-0.39, 0.29) is 12.5 Å². The van der Waals surface area contributed by atoms with Crippen LogP contribution in [0.25, 0.3) is 5.65 Å². The molecule has 2 aromatic rings. The van der Waals surface area contributed by atoms with Crippen molar-refractivity contribution < 1.29 is 14.3 Å². The van der Waals surface area contributed by atoms with Crippen LogP contribution in [0.1, 0.15) is 26.3 Å². The van der Waals surface area contributed by atoms with Crippen molar-refractivity contribution in [1.82, 2.24) is 14.3 Å². The first kappa shape index (κ1) is 16.3. The van der Waals surface area contributed by atoms with Gasteiger partial charge >= 0.3 is 6.09 Å². The van der Waals surface area contributed by atoms with Gasteiger partial charge in [-0.3, -0.25) is 14.6 Å². The number of amides is 2. The Hall–Kier alpha value is -2.57. The number of piperazine rings is 1. The number of nitrogens with zero attached hydrogens (tertiary/aromatic N) is 4. The SMILES string of the molecule is Cc1cccn2cc(N3CCN(C(=O)OC(C)(C)C)CC3=O)nc12. The second kappa shape index (κ2) is 5.81. The molecule has 0 aromatic carbocycles.